The van der Waals surface area contributed by atoms with Crippen molar-refractivity contribution in [1.82, 2.24) is 15.2 Å². The smallest absolute Gasteiger partial charge is 0.357 e. The Kier molecular flexibility index (Phi) is 6.65. The Morgan fingerprint density at radius 2 is 2.06 bits per heavy atom. The van der Waals surface area contributed by atoms with Crippen molar-refractivity contribution in [3.8, 4) is 17.6 Å². The highest BCUT2D eigenvalue weighted by molar-refractivity contribution is 7.09. The van der Waals surface area contributed by atoms with Gasteiger partial charge in [0.25, 0.3) is 0 Å². The summed E-state index contributed by atoms with van der Waals surface area (Å²) in [6.07, 6.45) is 1.75. The van der Waals surface area contributed by atoms with Crippen LogP contribution in [0.25, 0.3) is 0 Å². The molecule has 1 aliphatic carbocycles. The van der Waals surface area contributed by atoms with Crippen molar-refractivity contribution in [2.24, 2.45) is 5.92 Å². The van der Waals surface area contributed by atoms with Crippen LogP contribution in [0.3, 0.4) is 0 Å². The maximum atomic E-state index is 13.3. The number of thiazole rings is 1. The van der Waals surface area contributed by atoms with E-state index in [1.54, 1.807) is 41.5 Å². The van der Waals surface area contributed by atoms with Gasteiger partial charge in [0.2, 0.25) is 11.8 Å². The number of nitrogens with one attached hydrogen (secondary N) is 1. The highest BCUT2D eigenvalue weighted by Crippen LogP contribution is 2.48. The van der Waals surface area contributed by atoms with Crippen molar-refractivity contribution in [3.05, 3.63) is 45.9 Å². The lowest BCUT2D eigenvalue weighted by molar-refractivity contribution is -0.140. The molecule has 8 nitrogen and oxygen atoms in total. The van der Waals surface area contributed by atoms with Crippen LogP contribution in [0.5, 0.6) is 5.75 Å². The Balaban J connectivity index is 1.41. The molecule has 4 atom stereocenters. The Morgan fingerprint density at radius 1 is 1.30 bits per heavy atom. The van der Waals surface area contributed by atoms with Gasteiger partial charge >= 0.3 is 5.97 Å². The molecule has 1 aliphatic heterocycles. The number of carbonyl (C=O) groups excluding carboxylic acids is 3. The number of piperidine rings is 1. The van der Waals surface area contributed by atoms with Gasteiger partial charge in [0.05, 0.1) is 19.6 Å². The molecule has 1 saturated heterocycles. The summed E-state index contributed by atoms with van der Waals surface area (Å²) >= 11 is 1.27. The van der Waals surface area contributed by atoms with E-state index in [1.807, 2.05) is 0 Å². The van der Waals surface area contributed by atoms with Crippen LogP contribution in [0.2, 0.25) is 0 Å². The molecule has 2 N–H and O–H groups in total. The van der Waals surface area contributed by atoms with Crippen molar-refractivity contribution in [2.75, 3.05) is 7.11 Å². The molecule has 2 heterocycles. The number of nitrogens with zero attached hydrogens (tertiary/aromatic N) is 2. The van der Waals surface area contributed by atoms with E-state index in [9.17, 15) is 19.5 Å². The largest absolute Gasteiger partial charge is 0.508 e. The Bertz CT molecular complexity index is 1120. The molecule has 0 bridgehead atoms. The number of amides is 2. The quantitative estimate of drug-likeness (QED) is 0.478. The molecule has 2 fully saturated rings. The van der Waals surface area contributed by atoms with E-state index in [1.165, 1.54) is 18.4 Å². The maximum Gasteiger partial charge on any atom is 0.357 e. The number of ether oxygens (including phenoxy) is 1. The number of rotatable bonds is 7. The fourth-order valence-electron chi connectivity index (χ4n) is 4.33. The van der Waals surface area contributed by atoms with Gasteiger partial charge in [-0.1, -0.05) is 18.1 Å². The monoisotopic (exact) mass is 467 g/mol. The van der Waals surface area contributed by atoms with Gasteiger partial charge in [-0.25, -0.2) is 9.78 Å². The molecule has 0 unspecified atom stereocenters. The lowest BCUT2D eigenvalue weighted by atomic mass is 9.95. The average Bonchev–Trinajstić information content (AvgIpc) is 3.23. The van der Waals surface area contributed by atoms with E-state index in [0.29, 0.717) is 17.3 Å². The molecule has 2 aromatic rings. The van der Waals surface area contributed by atoms with Crippen LogP contribution in [0.1, 0.15) is 53.2 Å². The first kappa shape index (κ1) is 22.8. The van der Waals surface area contributed by atoms with Gasteiger partial charge in [0.15, 0.2) is 5.69 Å². The van der Waals surface area contributed by atoms with E-state index in [-0.39, 0.29) is 48.2 Å². The Morgan fingerprint density at radius 3 is 2.76 bits per heavy atom. The fraction of sp³-hybridized carbons (Fsp3) is 0.417. The third-order valence-electron chi connectivity index (χ3n) is 6.05. The van der Waals surface area contributed by atoms with Crippen LogP contribution < -0.4 is 5.32 Å². The molecule has 172 valence electrons. The molecule has 4 rings (SSSR count). The lowest BCUT2D eigenvalue weighted by Gasteiger charge is -2.28. The molecule has 0 radical (unpaired) electrons. The lowest BCUT2D eigenvalue weighted by Crippen LogP contribution is -2.48. The summed E-state index contributed by atoms with van der Waals surface area (Å²) in [5.74, 6) is 5.35. The van der Waals surface area contributed by atoms with Gasteiger partial charge in [-0.05, 0) is 43.4 Å². The number of esters is 1. The summed E-state index contributed by atoms with van der Waals surface area (Å²) < 4.78 is 4.65. The third-order valence-corrected chi connectivity index (χ3v) is 6.90. The number of hydrogen-bond donors (Lipinski definition) is 2. The van der Waals surface area contributed by atoms with Crippen molar-refractivity contribution in [1.29, 1.82) is 0 Å². The van der Waals surface area contributed by atoms with E-state index in [4.69, 9.17) is 0 Å². The molecule has 2 aliphatic rings. The van der Waals surface area contributed by atoms with Crippen molar-refractivity contribution >= 4 is 29.1 Å². The number of methoxy groups -OCH3 is 1. The fourth-order valence-corrected chi connectivity index (χ4v) is 5.04. The summed E-state index contributed by atoms with van der Waals surface area (Å²) in [4.78, 5) is 43.7. The van der Waals surface area contributed by atoms with Gasteiger partial charge in [0, 0.05) is 17.8 Å². The molecule has 0 spiro atoms. The van der Waals surface area contributed by atoms with Crippen LogP contribution in [0.4, 0.5) is 0 Å². The zero-order valence-corrected chi connectivity index (χ0v) is 19.2. The molecule has 2 amide bonds. The SMILES string of the molecule is CC#C[C@H](CC(=O)N1[C@H](C(=O)NCc2nc(C(=O)OC)cs2)C[C@H]2C[C@@H]21)c1ccc(O)cc1. The zero-order valence-electron chi connectivity index (χ0n) is 18.4. The highest BCUT2D eigenvalue weighted by Gasteiger charge is 2.55. The van der Waals surface area contributed by atoms with Crippen LogP contribution in [-0.4, -0.2) is 52.0 Å². The first-order valence-corrected chi connectivity index (χ1v) is 11.6. The number of likely N-dealkylation sites (tertiary alicyclic amines) is 1. The van der Waals surface area contributed by atoms with Crippen molar-refractivity contribution in [2.45, 2.75) is 50.7 Å². The van der Waals surface area contributed by atoms with E-state index in [0.717, 1.165) is 12.0 Å². The molecular weight excluding hydrogens is 442 g/mol. The molecule has 1 aromatic heterocycles. The summed E-state index contributed by atoms with van der Waals surface area (Å²) in [5, 5.41) is 14.6. The summed E-state index contributed by atoms with van der Waals surface area (Å²) in [5.41, 5.74) is 1.07. The topological polar surface area (TPSA) is 109 Å². The second-order valence-corrected chi connectivity index (χ2v) is 9.14. The highest BCUT2D eigenvalue weighted by atomic mass is 32.1. The Labute approximate surface area is 196 Å². The van der Waals surface area contributed by atoms with Crippen LogP contribution in [0.15, 0.2) is 29.6 Å². The predicted octanol–water partition coefficient (Wildman–Crippen LogP) is 2.44. The van der Waals surface area contributed by atoms with Crippen LogP contribution in [0, 0.1) is 17.8 Å². The summed E-state index contributed by atoms with van der Waals surface area (Å²) in [6.45, 7) is 1.91. The first-order valence-electron chi connectivity index (χ1n) is 10.7. The number of benzene rings is 1. The first-order chi connectivity index (χ1) is 15.9. The maximum absolute atomic E-state index is 13.3. The zero-order chi connectivity index (χ0) is 23.5. The van der Waals surface area contributed by atoms with Crippen LogP contribution in [-0.2, 0) is 20.9 Å². The normalized spacial score (nSPS) is 21.4. The van der Waals surface area contributed by atoms with E-state index < -0.39 is 12.0 Å². The second kappa shape index (κ2) is 9.63. The van der Waals surface area contributed by atoms with Gasteiger partial charge < -0.3 is 20.1 Å². The minimum atomic E-state index is -0.519. The average molecular weight is 468 g/mol. The minimum absolute atomic E-state index is 0.0943. The number of fused-ring (bicyclic) bond motifs is 1. The number of aromatic nitrogens is 1. The molecule has 33 heavy (non-hydrogen) atoms. The number of phenols is 1. The summed E-state index contributed by atoms with van der Waals surface area (Å²) in [6, 6.07) is 6.28. The molecule has 1 saturated carbocycles. The molecule has 1 aromatic carbocycles. The standard InChI is InChI=1S/C24H25N3O5S/c1-3-4-15(14-5-7-17(28)8-6-14)11-22(29)27-19-9-16(19)10-20(27)23(30)25-12-21-26-18(13-33-21)24(31)32-2/h5-8,13,15-16,19-20,28H,9-12H2,1-2H3,(H,25,30)/t15-,16-,19+,20+/m1/s1. The molecular formula is C24H25N3O5S. The number of hydrogen-bond acceptors (Lipinski definition) is 7. The van der Waals surface area contributed by atoms with Gasteiger partial charge in [-0.2, -0.15) is 0 Å². The number of phenolic OH excluding ortho intramolecular Hbond substituents is 1. The molecule has 9 heteroatoms. The minimum Gasteiger partial charge on any atom is -0.508 e. The van der Waals surface area contributed by atoms with Crippen LogP contribution >= 0.6 is 11.3 Å². The third kappa shape index (κ3) is 5.01. The van der Waals surface area contributed by atoms with Crippen molar-refractivity contribution in [3.63, 3.8) is 0 Å². The predicted molar refractivity (Wildman–Crippen MR) is 121 cm³/mol. The number of carbonyl (C=O) groups is 3. The van der Waals surface area contributed by atoms with Gasteiger partial charge in [-0.3, -0.25) is 9.59 Å². The van der Waals surface area contributed by atoms with Gasteiger partial charge in [0.1, 0.15) is 16.8 Å². The van der Waals surface area contributed by atoms with E-state index in [2.05, 4.69) is 26.9 Å². The van der Waals surface area contributed by atoms with Crippen molar-refractivity contribution < 1.29 is 24.2 Å². The van der Waals surface area contributed by atoms with Gasteiger partial charge in [-0.15, -0.1) is 17.3 Å². The number of aromatic hydroxyl groups is 1. The Hall–Kier alpha value is -3.38. The van der Waals surface area contributed by atoms with E-state index >= 15 is 0 Å². The summed E-state index contributed by atoms with van der Waals surface area (Å²) in [7, 11) is 1.29. The second-order valence-electron chi connectivity index (χ2n) is 8.19.